The molecule has 6 nitrogen and oxygen atoms in total. The van der Waals surface area contributed by atoms with E-state index < -0.39 is 21.7 Å². The van der Waals surface area contributed by atoms with Crippen LogP contribution in [0, 0.1) is 18.8 Å². The predicted octanol–water partition coefficient (Wildman–Crippen LogP) is 2.24. The number of nitrogens with zero attached hydrogens (tertiary/aromatic N) is 1. The molecule has 1 aromatic rings. The smallest absolute Gasteiger partial charge is 0.264 e. The van der Waals surface area contributed by atoms with Gasteiger partial charge in [-0.15, -0.1) is 0 Å². The summed E-state index contributed by atoms with van der Waals surface area (Å²) in [7, 11) is -3.75. The number of fused-ring (bicyclic) bond motifs is 2. The summed E-state index contributed by atoms with van der Waals surface area (Å²) in [6, 6.07) is 6.74. The van der Waals surface area contributed by atoms with Crippen LogP contribution in [0.15, 0.2) is 41.4 Å². The third kappa shape index (κ3) is 2.78. The number of benzene rings is 1. The monoisotopic (exact) mass is 377 g/mol. The first kappa shape index (κ1) is 17.7. The average Bonchev–Trinajstić information content (AvgIpc) is 3.03. The number of carbonyl (C=O) groups excluding carboxylic acids is 1. The fourth-order valence-corrected chi connectivity index (χ4v) is 5.73. The molecule has 2 atom stereocenters. The lowest BCUT2D eigenvalue weighted by Crippen LogP contribution is -2.46. The van der Waals surface area contributed by atoms with Crippen LogP contribution in [0.2, 0.25) is 0 Å². The lowest BCUT2D eigenvalue weighted by molar-refractivity contribution is -0.195. The van der Waals surface area contributed by atoms with Gasteiger partial charge in [-0.3, -0.25) is 9.10 Å². The highest BCUT2D eigenvalue weighted by molar-refractivity contribution is 7.89. The summed E-state index contributed by atoms with van der Waals surface area (Å²) >= 11 is 0. The van der Waals surface area contributed by atoms with Crippen LogP contribution in [-0.2, 0) is 24.3 Å². The van der Waals surface area contributed by atoms with Gasteiger partial charge in [0.2, 0.25) is 0 Å². The van der Waals surface area contributed by atoms with Gasteiger partial charge < -0.3 is 9.47 Å². The Morgan fingerprint density at radius 3 is 2.46 bits per heavy atom. The van der Waals surface area contributed by atoms with Crippen molar-refractivity contribution in [2.45, 2.75) is 36.9 Å². The third-order valence-corrected chi connectivity index (χ3v) is 7.51. The van der Waals surface area contributed by atoms with Crippen LogP contribution >= 0.6 is 0 Å². The van der Waals surface area contributed by atoms with Gasteiger partial charge in [-0.2, -0.15) is 0 Å². The molecule has 1 aliphatic carbocycles. The number of hydrogen-bond donors (Lipinski definition) is 0. The van der Waals surface area contributed by atoms with Crippen molar-refractivity contribution in [2.75, 3.05) is 19.8 Å². The number of ketones is 1. The SMILES string of the molecule is C=C1C2CC3(CC(CCN1S(=O)(=O)c1ccc(C)cc1)C2=O)OCCO3. The van der Waals surface area contributed by atoms with Crippen molar-refractivity contribution in [3.63, 3.8) is 0 Å². The molecule has 3 fully saturated rings. The second-order valence-corrected chi connectivity index (χ2v) is 9.20. The van der Waals surface area contributed by atoms with Gasteiger partial charge in [0.25, 0.3) is 10.0 Å². The van der Waals surface area contributed by atoms with E-state index in [-0.39, 0.29) is 23.1 Å². The summed E-state index contributed by atoms with van der Waals surface area (Å²) in [5.74, 6) is -1.56. The normalized spacial score (nSPS) is 28.4. The quantitative estimate of drug-likeness (QED) is 0.790. The minimum atomic E-state index is -3.75. The molecular formula is C19H23NO5S. The minimum absolute atomic E-state index is 0.0568. The fourth-order valence-electron chi connectivity index (χ4n) is 4.22. The Morgan fingerprint density at radius 2 is 1.81 bits per heavy atom. The molecule has 1 aromatic carbocycles. The van der Waals surface area contributed by atoms with E-state index in [1.54, 1.807) is 24.3 Å². The van der Waals surface area contributed by atoms with Crippen LogP contribution in [0.1, 0.15) is 24.8 Å². The summed E-state index contributed by atoms with van der Waals surface area (Å²) in [5.41, 5.74) is 1.32. The van der Waals surface area contributed by atoms with Gasteiger partial charge in [-0.25, -0.2) is 8.42 Å². The highest BCUT2D eigenvalue weighted by Gasteiger charge is 2.52. The van der Waals surface area contributed by atoms with Crippen LogP contribution in [0.4, 0.5) is 0 Å². The summed E-state index contributed by atoms with van der Waals surface area (Å²) in [6.07, 6.45) is 1.28. The first-order chi connectivity index (χ1) is 12.3. The Balaban J connectivity index is 1.68. The first-order valence-corrected chi connectivity index (χ1v) is 10.4. The number of hydrogen-bond acceptors (Lipinski definition) is 5. The van der Waals surface area contributed by atoms with Crippen LogP contribution in [0.3, 0.4) is 0 Å². The number of rotatable bonds is 2. The Bertz CT molecular complexity index is 839. The van der Waals surface area contributed by atoms with E-state index in [1.165, 1.54) is 4.31 Å². The summed E-state index contributed by atoms with van der Waals surface area (Å²) in [4.78, 5) is 13.1. The molecule has 0 radical (unpaired) electrons. The maximum Gasteiger partial charge on any atom is 0.264 e. The number of ether oxygens (including phenoxy) is 2. The molecule has 1 saturated carbocycles. The highest BCUT2D eigenvalue weighted by atomic mass is 32.2. The second kappa shape index (κ2) is 6.18. The minimum Gasteiger partial charge on any atom is -0.347 e. The Kier molecular flexibility index (Phi) is 4.21. The molecule has 2 aliphatic heterocycles. The van der Waals surface area contributed by atoms with E-state index in [0.29, 0.717) is 38.2 Å². The lowest BCUT2D eigenvalue weighted by Gasteiger charge is -2.39. The van der Waals surface area contributed by atoms with Gasteiger partial charge in [0.1, 0.15) is 5.78 Å². The van der Waals surface area contributed by atoms with Gasteiger partial charge in [0, 0.05) is 31.0 Å². The summed E-state index contributed by atoms with van der Waals surface area (Å²) in [6.45, 7) is 7.17. The molecule has 26 heavy (non-hydrogen) atoms. The highest BCUT2D eigenvalue weighted by Crippen LogP contribution is 2.46. The first-order valence-electron chi connectivity index (χ1n) is 8.92. The van der Waals surface area contributed by atoms with E-state index in [2.05, 4.69) is 6.58 Å². The van der Waals surface area contributed by atoms with Crippen LogP contribution in [0.5, 0.6) is 0 Å². The van der Waals surface area contributed by atoms with E-state index in [0.717, 1.165) is 5.56 Å². The lowest BCUT2D eigenvalue weighted by atomic mass is 9.75. The van der Waals surface area contributed by atoms with Crippen molar-refractivity contribution in [3.05, 3.63) is 42.1 Å². The molecule has 7 heteroatoms. The topological polar surface area (TPSA) is 72.9 Å². The molecule has 2 unspecified atom stereocenters. The zero-order valence-electron chi connectivity index (χ0n) is 14.8. The Hall–Kier alpha value is -1.70. The average molecular weight is 377 g/mol. The van der Waals surface area contributed by atoms with E-state index in [1.807, 2.05) is 6.92 Å². The molecule has 2 saturated heterocycles. The maximum atomic E-state index is 13.2. The molecule has 4 rings (SSSR count). The van der Waals surface area contributed by atoms with Crippen LogP contribution in [-0.4, -0.2) is 44.1 Å². The van der Waals surface area contributed by atoms with Gasteiger partial charge in [-0.1, -0.05) is 24.3 Å². The van der Waals surface area contributed by atoms with Gasteiger partial charge >= 0.3 is 0 Å². The van der Waals surface area contributed by atoms with Gasteiger partial charge in [0.15, 0.2) is 5.79 Å². The third-order valence-electron chi connectivity index (χ3n) is 5.64. The fraction of sp³-hybridized carbons (Fsp3) is 0.526. The second-order valence-electron chi connectivity index (χ2n) is 7.34. The van der Waals surface area contributed by atoms with Crippen molar-refractivity contribution < 1.29 is 22.7 Å². The molecule has 2 heterocycles. The van der Waals surface area contributed by atoms with Crippen LogP contribution < -0.4 is 0 Å². The van der Waals surface area contributed by atoms with E-state index >= 15 is 0 Å². The molecule has 0 N–H and O–H groups in total. The van der Waals surface area contributed by atoms with Crippen LogP contribution in [0.25, 0.3) is 0 Å². The zero-order chi connectivity index (χ0) is 18.5. The standard InChI is InChI=1S/C19H23NO5S/c1-13-3-5-16(6-4-13)26(22,23)20-8-7-15-11-19(24-9-10-25-19)12-17(14(20)2)18(15)21/h3-6,15,17H,2,7-12H2,1H3. The Morgan fingerprint density at radius 1 is 1.15 bits per heavy atom. The zero-order valence-corrected chi connectivity index (χ0v) is 15.6. The number of allylic oxidation sites excluding steroid dienone is 1. The van der Waals surface area contributed by atoms with Crippen molar-refractivity contribution >= 4 is 15.8 Å². The molecule has 0 aromatic heterocycles. The maximum absolute atomic E-state index is 13.2. The van der Waals surface area contributed by atoms with Crippen molar-refractivity contribution in [1.29, 1.82) is 0 Å². The molecule has 140 valence electrons. The summed E-state index contributed by atoms with van der Waals surface area (Å²) < 4.78 is 39.2. The van der Waals surface area contributed by atoms with E-state index in [4.69, 9.17) is 9.47 Å². The summed E-state index contributed by atoms with van der Waals surface area (Å²) in [5, 5.41) is 0. The molecule has 3 aliphatic rings. The number of Topliss-reactive ketones (excluding diaryl/α,β-unsaturated/α-hetero) is 1. The molecule has 1 spiro atoms. The molecule has 2 bridgehead atoms. The van der Waals surface area contributed by atoms with Gasteiger partial charge in [-0.05, 0) is 25.5 Å². The van der Waals surface area contributed by atoms with Crippen molar-refractivity contribution in [3.8, 4) is 0 Å². The number of carbonyl (C=O) groups is 1. The largest absolute Gasteiger partial charge is 0.347 e. The Labute approximate surface area is 153 Å². The number of aryl methyl sites for hydroxylation is 1. The van der Waals surface area contributed by atoms with E-state index in [9.17, 15) is 13.2 Å². The van der Waals surface area contributed by atoms with Crippen molar-refractivity contribution in [1.82, 2.24) is 4.31 Å². The van der Waals surface area contributed by atoms with Gasteiger partial charge in [0.05, 0.1) is 24.0 Å². The molecule has 0 amide bonds. The molecular weight excluding hydrogens is 354 g/mol. The van der Waals surface area contributed by atoms with Crippen molar-refractivity contribution in [2.24, 2.45) is 11.8 Å². The predicted molar refractivity (Wildman–Crippen MR) is 94.7 cm³/mol. The number of sulfonamides is 1.